The summed E-state index contributed by atoms with van der Waals surface area (Å²) in [7, 11) is 0. The van der Waals surface area contributed by atoms with Gasteiger partial charge in [0, 0.05) is 12.0 Å². The summed E-state index contributed by atoms with van der Waals surface area (Å²) in [5.74, 6) is 0.504. The summed E-state index contributed by atoms with van der Waals surface area (Å²) in [6.07, 6.45) is 1.43. The number of carboxylic acids is 1. The number of hydrogen-bond donors (Lipinski definition) is 2. The maximum absolute atomic E-state index is 11.5. The van der Waals surface area contributed by atoms with Crippen molar-refractivity contribution < 1.29 is 14.6 Å². The van der Waals surface area contributed by atoms with Gasteiger partial charge >= 0.3 is 5.97 Å². The Morgan fingerprint density at radius 2 is 1.86 bits per heavy atom. The second-order valence-corrected chi connectivity index (χ2v) is 7.54. The van der Waals surface area contributed by atoms with Gasteiger partial charge in [-0.2, -0.15) is 0 Å². The predicted molar refractivity (Wildman–Crippen MR) is 110 cm³/mol. The van der Waals surface area contributed by atoms with Crippen LogP contribution in [0.25, 0.3) is 11.1 Å². The lowest BCUT2D eigenvalue weighted by Crippen LogP contribution is -2.52. The predicted octanol–water partition coefficient (Wildman–Crippen LogP) is 4.73. The van der Waals surface area contributed by atoms with E-state index in [-0.39, 0.29) is 0 Å². The largest absolute Gasteiger partial charge is 0.480 e. The van der Waals surface area contributed by atoms with E-state index < -0.39 is 11.5 Å². The molecule has 1 aliphatic carbocycles. The zero-order chi connectivity index (χ0) is 19.7. The first-order valence-corrected chi connectivity index (χ1v) is 9.43. The van der Waals surface area contributed by atoms with E-state index in [2.05, 4.69) is 25.1 Å². The zero-order valence-electron chi connectivity index (χ0n) is 15.8. The van der Waals surface area contributed by atoms with Crippen molar-refractivity contribution in [1.29, 1.82) is 0 Å². The minimum Gasteiger partial charge on any atom is -0.480 e. The van der Waals surface area contributed by atoms with Gasteiger partial charge < -0.3 is 15.6 Å². The molecule has 0 saturated heterocycles. The number of aliphatic carboxylic acids is 1. The maximum Gasteiger partial charge on any atom is 0.324 e. The highest BCUT2D eigenvalue weighted by Gasteiger charge is 2.37. The molecule has 0 amide bonds. The number of carboxylic acid groups (broad SMARTS) is 1. The summed E-state index contributed by atoms with van der Waals surface area (Å²) in [5.41, 5.74) is 10.3. The first-order chi connectivity index (χ1) is 13.4. The molecule has 0 radical (unpaired) electrons. The van der Waals surface area contributed by atoms with Crippen LogP contribution in [0.2, 0.25) is 0 Å². The number of rotatable bonds is 4. The standard InChI is InChI=1S/C24H23NO3/c1-16-5-4-6-18(13-16)21-7-2-3-8-22(21)28-20-10-9-17-11-12-24(25,23(26)27)15-19(17)14-20/h2-10,13-14H,11-12,15,25H2,1H3,(H,26,27). The van der Waals surface area contributed by atoms with Crippen molar-refractivity contribution in [2.75, 3.05) is 0 Å². The van der Waals surface area contributed by atoms with Crippen LogP contribution < -0.4 is 10.5 Å². The molecule has 0 spiro atoms. The summed E-state index contributed by atoms with van der Waals surface area (Å²) in [4.78, 5) is 11.5. The Kier molecular flexibility index (Phi) is 4.65. The van der Waals surface area contributed by atoms with Crippen molar-refractivity contribution in [3.8, 4) is 22.6 Å². The van der Waals surface area contributed by atoms with Crippen molar-refractivity contribution in [1.82, 2.24) is 0 Å². The Labute approximate surface area is 164 Å². The lowest BCUT2D eigenvalue weighted by atomic mass is 9.78. The normalized spacial score (nSPS) is 18.4. The molecule has 0 fully saturated rings. The minimum atomic E-state index is -1.20. The van der Waals surface area contributed by atoms with Gasteiger partial charge in [0.2, 0.25) is 0 Å². The Hall–Kier alpha value is -3.11. The number of nitrogens with two attached hydrogens (primary N) is 1. The fourth-order valence-electron chi connectivity index (χ4n) is 3.78. The molecule has 4 nitrogen and oxygen atoms in total. The van der Waals surface area contributed by atoms with E-state index in [0.717, 1.165) is 28.0 Å². The highest BCUT2D eigenvalue weighted by Crippen LogP contribution is 2.36. The number of carbonyl (C=O) groups is 1. The smallest absolute Gasteiger partial charge is 0.324 e. The third kappa shape index (κ3) is 3.51. The fourth-order valence-corrected chi connectivity index (χ4v) is 3.78. The first-order valence-electron chi connectivity index (χ1n) is 9.43. The molecular formula is C24H23NO3. The molecule has 3 N–H and O–H groups in total. The van der Waals surface area contributed by atoms with Gasteiger partial charge in [-0.05, 0) is 54.7 Å². The summed E-state index contributed by atoms with van der Waals surface area (Å²) < 4.78 is 6.21. The van der Waals surface area contributed by atoms with Gasteiger partial charge in [-0.1, -0.05) is 54.1 Å². The van der Waals surface area contributed by atoms with Gasteiger partial charge in [-0.3, -0.25) is 4.79 Å². The van der Waals surface area contributed by atoms with Crippen LogP contribution in [-0.2, 0) is 17.6 Å². The van der Waals surface area contributed by atoms with E-state index in [1.165, 1.54) is 5.56 Å². The number of fused-ring (bicyclic) bond motifs is 1. The van der Waals surface area contributed by atoms with Gasteiger partial charge in [0.05, 0.1) is 0 Å². The Bertz CT molecular complexity index is 1040. The molecule has 0 saturated carbocycles. The number of benzene rings is 3. The molecular weight excluding hydrogens is 350 g/mol. The molecule has 0 aliphatic heterocycles. The minimum absolute atomic E-state index is 0.314. The Morgan fingerprint density at radius 3 is 2.64 bits per heavy atom. The molecule has 1 atom stereocenters. The molecule has 4 heteroatoms. The van der Waals surface area contributed by atoms with Crippen LogP contribution in [0.3, 0.4) is 0 Å². The number of para-hydroxylation sites is 1. The van der Waals surface area contributed by atoms with Gasteiger partial charge in [-0.15, -0.1) is 0 Å². The van der Waals surface area contributed by atoms with Crippen LogP contribution in [0.1, 0.15) is 23.1 Å². The molecule has 3 aromatic carbocycles. The van der Waals surface area contributed by atoms with Gasteiger partial charge in [0.15, 0.2) is 0 Å². The second kappa shape index (κ2) is 7.13. The SMILES string of the molecule is Cc1cccc(-c2ccccc2Oc2ccc3c(c2)CC(N)(C(=O)O)CC3)c1. The lowest BCUT2D eigenvalue weighted by molar-refractivity contribution is -0.143. The quantitative estimate of drug-likeness (QED) is 0.694. The topological polar surface area (TPSA) is 72.5 Å². The fraction of sp³-hybridized carbons (Fsp3) is 0.208. The van der Waals surface area contributed by atoms with Gasteiger partial charge in [0.1, 0.15) is 17.0 Å². The van der Waals surface area contributed by atoms with Crippen molar-refractivity contribution in [3.05, 3.63) is 83.4 Å². The van der Waals surface area contributed by atoms with Crippen molar-refractivity contribution in [2.45, 2.75) is 31.7 Å². The Balaban J connectivity index is 1.66. The lowest BCUT2D eigenvalue weighted by Gasteiger charge is -2.31. The van der Waals surface area contributed by atoms with Gasteiger partial charge in [0.25, 0.3) is 0 Å². The highest BCUT2D eigenvalue weighted by atomic mass is 16.5. The molecule has 1 unspecified atom stereocenters. The van der Waals surface area contributed by atoms with Crippen LogP contribution in [-0.4, -0.2) is 16.6 Å². The van der Waals surface area contributed by atoms with E-state index in [1.807, 2.05) is 48.5 Å². The number of hydrogen-bond acceptors (Lipinski definition) is 3. The zero-order valence-corrected chi connectivity index (χ0v) is 15.8. The van der Waals surface area contributed by atoms with E-state index in [0.29, 0.717) is 25.0 Å². The van der Waals surface area contributed by atoms with E-state index in [4.69, 9.17) is 10.5 Å². The molecule has 0 bridgehead atoms. The van der Waals surface area contributed by atoms with Gasteiger partial charge in [-0.25, -0.2) is 0 Å². The van der Waals surface area contributed by atoms with Crippen LogP contribution in [0, 0.1) is 6.92 Å². The summed E-state index contributed by atoms with van der Waals surface area (Å²) in [6, 6.07) is 22.1. The monoisotopic (exact) mass is 373 g/mol. The molecule has 0 aromatic heterocycles. The van der Waals surface area contributed by atoms with Crippen LogP contribution in [0.4, 0.5) is 0 Å². The Morgan fingerprint density at radius 1 is 1.04 bits per heavy atom. The third-order valence-corrected chi connectivity index (χ3v) is 5.39. The van der Waals surface area contributed by atoms with E-state index >= 15 is 0 Å². The summed E-state index contributed by atoms with van der Waals surface area (Å²) in [6.45, 7) is 2.07. The maximum atomic E-state index is 11.5. The van der Waals surface area contributed by atoms with Crippen molar-refractivity contribution in [2.24, 2.45) is 5.73 Å². The van der Waals surface area contributed by atoms with E-state index in [9.17, 15) is 9.90 Å². The average Bonchev–Trinajstić information content (AvgIpc) is 2.68. The van der Waals surface area contributed by atoms with Crippen LogP contribution in [0.15, 0.2) is 66.7 Å². The third-order valence-electron chi connectivity index (χ3n) is 5.39. The van der Waals surface area contributed by atoms with Crippen molar-refractivity contribution in [3.63, 3.8) is 0 Å². The molecule has 28 heavy (non-hydrogen) atoms. The second-order valence-electron chi connectivity index (χ2n) is 7.54. The molecule has 142 valence electrons. The molecule has 1 aliphatic rings. The molecule has 3 aromatic rings. The summed E-state index contributed by atoms with van der Waals surface area (Å²) in [5, 5.41) is 9.46. The number of ether oxygens (including phenoxy) is 1. The molecule has 4 rings (SSSR count). The van der Waals surface area contributed by atoms with Crippen molar-refractivity contribution >= 4 is 5.97 Å². The molecule has 0 heterocycles. The number of aryl methyl sites for hydroxylation is 2. The van der Waals surface area contributed by atoms with Crippen LogP contribution >= 0.6 is 0 Å². The average molecular weight is 373 g/mol. The van der Waals surface area contributed by atoms with Crippen LogP contribution in [0.5, 0.6) is 11.5 Å². The van der Waals surface area contributed by atoms with E-state index in [1.54, 1.807) is 0 Å². The highest BCUT2D eigenvalue weighted by molar-refractivity contribution is 5.79. The summed E-state index contributed by atoms with van der Waals surface area (Å²) >= 11 is 0. The first kappa shape index (κ1) is 18.3.